The van der Waals surface area contributed by atoms with Crippen molar-refractivity contribution in [2.75, 3.05) is 67.3 Å². The van der Waals surface area contributed by atoms with Gasteiger partial charge in [-0.2, -0.15) is 0 Å². The molecule has 260 valence electrons. The van der Waals surface area contributed by atoms with Gasteiger partial charge in [0.2, 0.25) is 0 Å². The minimum atomic E-state index is -0.496. The first kappa shape index (κ1) is 35.3. The van der Waals surface area contributed by atoms with Gasteiger partial charge in [0.15, 0.2) is 11.5 Å². The summed E-state index contributed by atoms with van der Waals surface area (Å²) in [6.07, 6.45) is 5.31. The Kier molecular flexibility index (Phi) is 11.9. The average Bonchev–Trinajstić information content (AvgIpc) is 3.12. The first-order chi connectivity index (χ1) is 24.4. The molecular formula is C36H37Cl3N8O3. The predicted octanol–water partition coefficient (Wildman–Crippen LogP) is 8.23. The van der Waals surface area contributed by atoms with E-state index in [0.29, 0.717) is 41.2 Å². The molecule has 1 saturated heterocycles. The molecule has 1 aliphatic heterocycles. The monoisotopic (exact) mass is 734 g/mol. The van der Waals surface area contributed by atoms with Crippen molar-refractivity contribution in [2.45, 2.75) is 19.4 Å². The van der Waals surface area contributed by atoms with Gasteiger partial charge in [0.1, 0.15) is 18.0 Å². The number of nitrogens with zero attached hydrogens (tertiary/aromatic N) is 5. The number of amides is 2. The Hall–Kier alpha value is -4.55. The molecule has 0 atom stereocenters. The number of fused-ring (bicyclic) bond motifs is 1. The molecule has 2 aromatic heterocycles. The zero-order valence-corrected chi connectivity index (χ0v) is 29.7. The molecule has 5 aromatic rings. The Bertz CT molecular complexity index is 1900. The van der Waals surface area contributed by atoms with E-state index in [4.69, 9.17) is 44.3 Å². The Morgan fingerprint density at radius 3 is 2.44 bits per heavy atom. The highest BCUT2D eigenvalue weighted by Crippen LogP contribution is 2.35. The summed E-state index contributed by atoms with van der Waals surface area (Å²) in [7, 11) is 1.62. The SMILES string of the molecule is COc1cc2ncnc(NCc3cccc(NC(=O)Nc4c(Cl)cc(Cl)cc4Cl)c3)c2cc1OCCCCN1CCN(c2ccccn2)CC1. The highest BCUT2D eigenvalue weighted by atomic mass is 35.5. The van der Waals surface area contributed by atoms with E-state index in [1.54, 1.807) is 13.2 Å². The molecule has 0 saturated carbocycles. The molecule has 0 radical (unpaired) electrons. The van der Waals surface area contributed by atoms with Crippen molar-refractivity contribution in [3.05, 3.63) is 99.9 Å². The maximum atomic E-state index is 12.7. The molecule has 0 unspecified atom stereocenters. The fourth-order valence-corrected chi connectivity index (χ4v) is 6.63. The lowest BCUT2D eigenvalue weighted by atomic mass is 10.1. The summed E-state index contributed by atoms with van der Waals surface area (Å²) < 4.78 is 11.9. The Labute approximate surface area is 305 Å². The molecule has 14 heteroatoms. The van der Waals surface area contributed by atoms with Crippen LogP contribution in [0.3, 0.4) is 0 Å². The number of carbonyl (C=O) groups is 1. The number of methoxy groups -OCH3 is 1. The quantitative estimate of drug-likeness (QED) is 0.103. The Balaban J connectivity index is 1.02. The number of carbonyl (C=O) groups excluding carboxylic acids is 1. The van der Waals surface area contributed by atoms with Crippen molar-refractivity contribution < 1.29 is 14.3 Å². The second-order valence-corrected chi connectivity index (χ2v) is 12.9. The fraction of sp³-hybridized carbons (Fsp3) is 0.278. The van der Waals surface area contributed by atoms with Crippen molar-refractivity contribution in [1.82, 2.24) is 19.9 Å². The van der Waals surface area contributed by atoms with Crippen molar-refractivity contribution in [2.24, 2.45) is 0 Å². The van der Waals surface area contributed by atoms with Gasteiger partial charge in [0.25, 0.3) is 0 Å². The summed E-state index contributed by atoms with van der Waals surface area (Å²) in [5.74, 6) is 2.95. The van der Waals surface area contributed by atoms with Gasteiger partial charge in [0.05, 0.1) is 35.0 Å². The number of hydrogen-bond donors (Lipinski definition) is 3. The van der Waals surface area contributed by atoms with Crippen molar-refractivity contribution in [3.63, 3.8) is 0 Å². The number of piperazine rings is 1. The fourth-order valence-electron chi connectivity index (χ4n) is 5.72. The number of hydrogen-bond acceptors (Lipinski definition) is 9. The van der Waals surface area contributed by atoms with Gasteiger partial charge >= 0.3 is 6.03 Å². The van der Waals surface area contributed by atoms with Gasteiger partial charge < -0.3 is 30.3 Å². The summed E-state index contributed by atoms with van der Waals surface area (Å²) in [6.45, 7) is 6.05. The number of urea groups is 1. The average molecular weight is 736 g/mol. The van der Waals surface area contributed by atoms with Gasteiger partial charge in [-0.3, -0.25) is 4.90 Å². The number of pyridine rings is 1. The van der Waals surface area contributed by atoms with Crippen molar-refractivity contribution >= 4 is 74.7 Å². The van der Waals surface area contributed by atoms with Crippen LogP contribution in [0.25, 0.3) is 10.9 Å². The topological polar surface area (TPSA) is 117 Å². The van der Waals surface area contributed by atoms with Crippen LogP contribution >= 0.6 is 34.8 Å². The van der Waals surface area contributed by atoms with E-state index in [0.717, 1.165) is 67.8 Å². The van der Waals surface area contributed by atoms with Gasteiger partial charge in [-0.1, -0.05) is 53.0 Å². The van der Waals surface area contributed by atoms with E-state index in [-0.39, 0.29) is 15.7 Å². The Morgan fingerprint density at radius 1 is 0.860 bits per heavy atom. The molecule has 3 N–H and O–H groups in total. The highest BCUT2D eigenvalue weighted by Gasteiger charge is 2.18. The number of unbranched alkanes of at least 4 members (excludes halogenated alkanes) is 1. The highest BCUT2D eigenvalue weighted by molar-refractivity contribution is 6.42. The lowest BCUT2D eigenvalue weighted by Crippen LogP contribution is -2.46. The Morgan fingerprint density at radius 2 is 1.68 bits per heavy atom. The molecule has 1 fully saturated rings. The van der Waals surface area contributed by atoms with E-state index in [1.165, 1.54) is 18.5 Å². The molecule has 6 rings (SSSR count). The molecule has 2 amide bonds. The second-order valence-electron chi connectivity index (χ2n) is 11.7. The lowest BCUT2D eigenvalue weighted by molar-refractivity contribution is 0.235. The summed E-state index contributed by atoms with van der Waals surface area (Å²) in [4.78, 5) is 31.0. The molecule has 0 bridgehead atoms. The molecule has 50 heavy (non-hydrogen) atoms. The van der Waals surface area contributed by atoms with Gasteiger partial charge in [-0.25, -0.2) is 19.7 Å². The normalized spacial score (nSPS) is 13.2. The summed E-state index contributed by atoms with van der Waals surface area (Å²) in [6, 6.07) is 19.8. The largest absolute Gasteiger partial charge is 0.493 e. The number of nitrogens with one attached hydrogen (secondary N) is 3. The third-order valence-corrected chi connectivity index (χ3v) is 9.10. The van der Waals surface area contributed by atoms with Crippen molar-refractivity contribution in [1.29, 1.82) is 0 Å². The molecule has 1 aliphatic rings. The van der Waals surface area contributed by atoms with Crippen LogP contribution in [0, 0.1) is 0 Å². The van der Waals surface area contributed by atoms with Gasteiger partial charge in [-0.05, 0) is 67.4 Å². The number of halogens is 3. The first-order valence-corrected chi connectivity index (χ1v) is 17.4. The smallest absolute Gasteiger partial charge is 0.323 e. The molecule has 3 heterocycles. The van der Waals surface area contributed by atoms with Crippen LogP contribution in [-0.2, 0) is 6.54 Å². The van der Waals surface area contributed by atoms with Gasteiger partial charge in [0, 0.05) is 61.1 Å². The molecule has 3 aromatic carbocycles. The predicted molar refractivity (Wildman–Crippen MR) is 202 cm³/mol. The molecule has 0 spiro atoms. The van der Waals surface area contributed by atoms with E-state index in [1.807, 2.05) is 48.7 Å². The third kappa shape index (κ3) is 9.16. The van der Waals surface area contributed by atoms with E-state index < -0.39 is 6.03 Å². The standard InChI is InChI=1S/C36H37Cl3N8O3/c1-49-31-21-30-27(20-32(31)50-16-5-4-11-46-12-14-47(15-13-46)33-9-2-3-10-40-33)35(43-23-42-30)41-22-24-7-6-8-26(17-24)44-36(48)45-34-28(38)18-25(37)19-29(34)39/h2-3,6-10,17-21,23H,4-5,11-16,22H2,1H3,(H,41,42,43)(H2,44,45,48). The molecule has 0 aliphatic carbocycles. The number of rotatable bonds is 13. The van der Waals surface area contributed by atoms with E-state index in [9.17, 15) is 4.79 Å². The lowest BCUT2D eigenvalue weighted by Gasteiger charge is -2.35. The van der Waals surface area contributed by atoms with Crippen LogP contribution in [0.15, 0.2) is 79.3 Å². The third-order valence-electron chi connectivity index (χ3n) is 8.28. The second kappa shape index (κ2) is 16.9. The number of aromatic nitrogens is 3. The van der Waals surface area contributed by atoms with E-state index in [2.05, 4.69) is 46.8 Å². The van der Waals surface area contributed by atoms with Crippen molar-refractivity contribution in [3.8, 4) is 11.5 Å². The maximum absolute atomic E-state index is 12.7. The van der Waals surface area contributed by atoms with Gasteiger partial charge in [-0.15, -0.1) is 0 Å². The van der Waals surface area contributed by atoms with Crippen LogP contribution in [0.2, 0.25) is 15.1 Å². The van der Waals surface area contributed by atoms with Crippen LogP contribution in [-0.4, -0.2) is 72.3 Å². The maximum Gasteiger partial charge on any atom is 0.323 e. The van der Waals surface area contributed by atoms with E-state index >= 15 is 0 Å². The summed E-state index contributed by atoms with van der Waals surface area (Å²) in [5.41, 5.74) is 2.50. The summed E-state index contributed by atoms with van der Waals surface area (Å²) >= 11 is 18.4. The van der Waals surface area contributed by atoms with Crippen LogP contribution in [0.1, 0.15) is 18.4 Å². The van der Waals surface area contributed by atoms with Crippen LogP contribution in [0.4, 0.5) is 27.8 Å². The number of benzene rings is 3. The van der Waals surface area contributed by atoms with Crippen LogP contribution in [0.5, 0.6) is 11.5 Å². The number of ether oxygens (including phenoxy) is 2. The molecular weight excluding hydrogens is 699 g/mol. The molecule has 11 nitrogen and oxygen atoms in total. The minimum Gasteiger partial charge on any atom is -0.493 e. The number of anilines is 4. The minimum absolute atomic E-state index is 0.237. The summed E-state index contributed by atoms with van der Waals surface area (Å²) in [5, 5.41) is 10.5. The zero-order chi connectivity index (χ0) is 34.9. The first-order valence-electron chi connectivity index (χ1n) is 16.3. The van der Waals surface area contributed by atoms with Crippen LogP contribution < -0.4 is 30.3 Å². The zero-order valence-electron chi connectivity index (χ0n) is 27.5.